The summed E-state index contributed by atoms with van der Waals surface area (Å²) in [6.45, 7) is 4.25. The molecule has 0 aliphatic carbocycles. The average molecular weight is 341 g/mol. The van der Waals surface area contributed by atoms with Crippen LogP contribution in [0.5, 0.6) is 0 Å². The van der Waals surface area contributed by atoms with Gasteiger partial charge in [0.2, 0.25) is 0 Å². The molecule has 0 unspecified atom stereocenters. The van der Waals surface area contributed by atoms with E-state index in [0.29, 0.717) is 52.8 Å². The molecule has 1 aromatic rings. The number of alkyl carbamates (subject to hydrolysis) is 1. The minimum Gasteiger partial charge on any atom is -0.445 e. The molecule has 0 bridgehead atoms. The third-order valence-electron chi connectivity index (χ3n) is 2.90. The molecule has 0 spiro atoms. The number of hydrogen-bond donors (Lipinski definition) is 1. The predicted octanol–water partition coefficient (Wildman–Crippen LogP) is 1.61. The Morgan fingerprint density at radius 2 is 1.46 bits per heavy atom. The van der Waals surface area contributed by atoms with Crippen LogP contribution in [0.3, 0.4) is 0 Å². The van der Waals surface area contributed by atoms with E-state index >= 15 is 0 Å². The number of benzene rings is 1. The summed E-state index contributed by atoms with van der Waals surface area (Å²) in [6, 6.07) is 9.52. The maximum atomic E-state index is 11.5. The molecule has 24 heavy (non-hydrogen) atoms. The predicted molar refractivity (Wildman–Crippen MR) is 89.0 cm³/mol. The lowest BCUT2D eigenvalue weighted by molar-refractivity contribution is 0.00406. The highest BCUT2D eigenvalue weighted by atomic mass is 16.6. The molecule has 1 amide bonds. The Morgan fingerprint density at radius 1 is 0.875 bits per heavy atom. The molecule has 136 valence electrons. The fourth-order valence-corrected chi connectivity index (χ4v) is 1.68. The van der Waals surface area contributed by atoms with Crippen molar-refractivity contribution in [2.75, 3.05) is 59.9 Å². The molecular formula is C17H27NO6. The third kappa shape index (κ3) is 11.8. The van der Waals surface area contributed by atoms with Gasteiger partial charge in [0.05, 0.1) is 46.2 Å². The molecule has 0 saturated carbocycles. The fourth-order valence-electron chi connectivity index (χ4n) is 1.68. The Bertz CT molecular complexity index is 415. The van der Waals surface area contributed by atoms with Crippen LogP contribution in [0.25, 0.3) is 0 Å². The van der Waals surface area contributed by atoms with Crippen LogP contribution in [-0.2, 0) is 30.3 Å². The largest absolute Gasteiger partial charge is 0.445 e. The monoisotopic (exact) mass is 341 g/mol. The van der Waals surface area contributed by atoms with Gasteiger partial charge in [-0.1, -0.05) is 30.3 Å². The van der Waals surface area contributed by atoms with E-state index in [0.717, 1.165) is 5.56 Å². The summed E-state index contributed by atoms with van der Waals surface area (Å²) in [6.07, 6.45) is -0.452. The Balaban J connectivity index is 1.82. The Hall–Kier alpha value is -1.67. The van der Waals surface area contributed by atoms with Gasteiger partial charge in [-0.25, -0.2) is 4.79 Å². The minimum absolute atomic E-state index is 0.258. The number of carbonyl (C=O) groups excluding carboxylic acids is 1. The molecule has 0 radical (unpaired) electrons. The van der Waals surface area contributed by atoms with E-state index in [4.69, 9.17) is 23.7 Å². The van der Waals surface area contributed by atoms with E-state index in [2.05, 4.69) is 5.32 Å². The van der Waals surface area contributed by atoms with Gasteiger partial charge in [0.15, 0.2) is 0 Å². The van der Waals surface area contributed by atoms with Crippen molar-refractivity contribution in [3.05, 3.63) is 35.9 Å². The van der Waals surface area contributed by atoms with Gasteiger partial charge in [0, 0.05) is 13.7 Å². The van der Waals surface area contributed by atoms with E-state index in [1.165, 1.54) is 0 Å². The molecule has 0 saturated heterocycles. The van der Waals surface area contributed by atoms with Crippen molar-refractivity contribution in [3.63, 3.8) is 0 Å². The van der Waals surface area contributed by atoms with Gasteiger partial charge in [-0.3, -0.25) is 0 Å². The van der Waals surface area contributed by atoms with E-state index < -0.39 is 6.09 Å². The first-order valence-corrected chi connectivity index (χ1v) is 7.99. The average Bonchev–Trinajstić information content (AvgIpc) is 2.62. The second-order valence-electron chi connectivity index (χ2n) is 4.82. The van der Waals surface area contributed by atoms with E-state index in [-0.39, 0.29) is 6.61 Å². The Kier molecular flexibility index (Phi) is 12.6. The molecule has 1 N–H and O–H groups in total. The van der Waals surface area contributed by atoms with Gasteiger partial charge < -0.3 is 29.0 Å². The van der Waals surface area contributed by atoms with Crippen LogP contribution < -0.4 is 5.32 Å². The van der Waals surface area contributed by atoms with Crippen molar-refractivity contribution >= 4 is 6.09 Å². The van der Waals surface area contributed by atoms with Crippen molar-refractivity contribution < 1.29 is 28.5 Å². The highest BCUT2D eigenvalue weighted by Crippen LogP contribution is 2.00. The first-order valence-electron chi connectivity index (χ1n) is 7.99. The first-order chi connectivity index (χ1) is 11.8. The molecule has 0 fully saturated rings. The number of nitrogens with one attached hydrogen (secondary N) is 1. The summed E-state index contributed by atoms with van der Waals surface area (Å²) in [5.74, 6) is 0. The van der Waals surface area contributed by atoms with Crippen molar-refractivity contribution in [2.45, 2.75) is 6.61 Å². The molecule has 1 rings (SSSR count). The van der Waals surface area contributed by atoms with Crippen molar-refractivity contribution in [2.24, 2.45) is 0 Å². The molecule has 0 aliphatic rings. The van der Waals surface area contributed by atoms with Gasteiger partial charge in [-0.15, -0.1) is 0 Å². The summed E-state index contributed by atoms with van der Waals surface area (Å²) in [5.41, 5.74) is 0.951. The maximum Gasteiger partial charge on any atom is 0.407 e. The van der Waals surface area contributed by atoms with E-state index in [1.807, 2.05) is 30.3 Å². The lowest BCUT2D eigenvalue weighted by Gasteiger charge is -2.08. The molecule has 0 aromatic heterocycles. The standard InChI is InChI=1S/C17H27NO6/c1-20-9-10-22-13-14-23-12-11-21-8-7-18-17(19)24-15-16-5-3-2-4-6-16/h2-6H,7-15H2,1H3,(H,18,19). The molecule has 7 heteroatoms. The van der Waals surface area contributed by atoms with Crippen LogP contribution in [-0.4, -0.2) is 66.0 Å². The molecule has 0 aliphatic heterocycles. The normalized spacial score (nSPS) is 10.5. The number of methoxy groups -OCH3 is 1. The lowest BCUT2D eigenvalue weighted by Crippen LogP contribution is -2.28. The summed E-state index contributed by atoms with van der Waals surface area (Å²) >= 11 is 0. The molecule has 7 nitrogen and oxygen atoms in total. The molecule has 1 aromatic carbocycles. The van der Waals surface area contributed by atoms with Crippen LogP contribution in [0, 0.1) is 0 Å². The van der Waals surface area contributed by atoms with Gasteiger partial charge in [-0.2, -0.15) is 0 Å². The summed E-state index contributed by atoms with van der Waals surface area (Å²) in [4.78, 5) is 11.5. The van der Waals surface area contributed by atoms with Crippen LogP contribution >= 0.6 is 0 Å². The number of amides is 1. The van der Waals surface area contributed by atoms with Gasteiger partial charge in [0.1, 0.15) is 6.61 Å². The SMILES string of the molecule is COCCOCCOCCOCCNC(=O)OCc1ccccc1. The second-order valence-corrected chi connectivity index (χ2v) is 4.82. The zero-order chi connectivity index (χ0) is 17.3. The minimum atomic E-state index is -0.452. The number of ether oxygens (including phenoxy) is 5. The Labute approximate surface area is 143 Å². The van der Waals surface area contributed by atoms with Gasteiger partial charge >= 0.3 is 6.09 Å². The first kappa shape index (κ1) is 20.4. The van der Waals surface area contributed by atoms with Crippen LogP contribution in [0.4, 0.5) is 4.79 Å². The molecule has 0 heterocycles. The topological polar surface area (TPSA) is 75.3 Å². The van der Waals surface area contributed by atoms with Gasteiger partial charge in [0.25, 0.3) is 0 Å². The third-order valence-corrected chi connectivity index (χ3v) is 2.90. The van der Waals surface area contributed by atoms with E-state index in [9.17, 15) is 4.79 Å². The highest BCUT2D eigenvalue weighted by molar-refractivity contribution is 5.67. The van der Waals surface area contributed by atoms with E-state index in [1.54, 1.807) is 7.11 Å². The highest BCUT2D eigenvalue weighted by Gasteiger charge is 2.01. The quantitative estimate of drug-likeness (QED) is 0.518. The smallest absolute Gasteiger partial charge is 0.407 e. The van der Waals surface area contributed by atoms with Gasteiger partial charge in [-0.05, 0) is 5.56 Å². The fraction of sp³-hybridized carbons (Fsp3) is 0.588. The van der Waals surface area contributed by atoms with Crippen LogP contribution in [0.1, 0.15) is 5.56 Å². The second kappa shape index (κ2) is 14.9. The van der Waals surface area contributed by atoms with Crippen LogP contribution in [0.2, 0.25) is 0 Å². The number of rotatable bonds is 14. The number of carbonyl (C=O) groups is 1. The Morgan fingerprint density at radius 3 is 2.08 bits per heavy atom. The molecule has 0 atom stereocenters. The van der Waals surface area contributed by atoms with Crippen LogP contribution in [0.15, 0.2) is 30.3 Å². The summed E-state index contributed by atoms with van der Waals surface area (Å²) in [5, 5.41) is 2.62. The zero-order valence-electron chi connectivity index (χ0n) is 14.2. The maximum absolute atomic E-state index is 11.5. The summed E-state index contributed by atoms with van der Waals surface area (Å²) < 4.78 is 25.8. The molecular weight excluding hydrogens is 314 g/mol. The van der Waals surface area contributed by atoms with Crippen molar-refractivity contribution in [1.82, 2.24) is 5.32 Å². The van der Waals surface area contributed by atoms with Crippen molar-refractivity contribution in [3.8, 4) is 0 Å². The van der Waals surface area contributed by atoms with Crippen molar-refractivity contribution in [1.29, 1.82) is 0 Å². The lowest BCUT2D eigenvalue weighted by atomic mass is 10.2. The zero-order valence-corrected chi connectivity index (χ0v) is 14.2. The number of hydrogen-bond acceptors (Lipinski definition) is 6. The summed E-state index contributed by atoms with van der Waals surface area (Å²) in [7, 11) is 1.63.